The lowest BCUT2D eigenvalue weighted by atomic mass is 9.97. The van der Waals surface area contributed by atoms with E-state index in [1.54, 1.807) is 11.9 Å². The number of likely N-dealkylation sites (N-methyl/N-ethyl adjacent to an activating group) is 1. The van der Waals surface area contributed by atoms with Crippen LogP contribution in [0, 0.1) is 6.92 Å². The van der Waals surface area contributed by atoms with Crippen LogP contribution in [0.3, 0.4) is 0 Å². The molecule has 8 nitrogen and oxygen atoms in total. The summed E-state index contributed by atoms with van der Waals surface area (Å²) in [5, 5.41) is 7.57. The number of piperazine rings is 1. The summed E-state index contributed by atoms with van der Waals surface area (Å²) in [5.41, 5.74) is 2.20. The third-order valence-electron chi connectivity index (χ3n) is 8.40. The molecule has 0 aliphatic carbocycles. The van der Waals surface area contributed by atoms with Crippen LogP contribution >= 0.6 is 0 Å². The molecule has 0 aromatic heterocycles. The van der Waals surface area contributed by atoms with Gasteiger partial charge in [0, 0.05) is 25.7 Å². The van der Waals surface area contributed by atoms with Gasteiger partial charge in [0.2, 0.25) is 11.8 Å². The van der Waals surface area contributed by atoms with Crippen LogP contribution in [-0.4, -0.2) is 70.0 Å². The minimum Gasteiger partial charge on any atom is -0.333 e. The molecule has 2 atom stereocenters. The van der Waals surface area contributed by atoms with Crippen molar-refractivity contribution in [2.24, 2.45) is 0 Å². The Balaban J connectivity index is 1.34. The summed E-state index contributed by atoms with van der Waals surface area (Å²) in [6.07, 6.45) is -5.11. The van der Waals surface area contributed by atoms with Crippen molar-refractivity contribution in [2.75, 3.05) is 25.5 Å². The van der Waals surface area contributed by atoms with E-state index in [0.29, 0.717) is 0 Å². The van der Waals surface area contributed by atoms with E-state index in [9.17, 15) is 27.6 Å². The van der Waals surface area contributed by atoms with Crippen molar-refractivity contribution in [3.63, 3.8) is 0 Å². The van der Waals surface area contributed by atoms with E-state index in [4.69, 9.17) is 0 Å². The normalized spacial score (nSPS) is 19.2. The minimum atomic E-state index is -4.51. The number of anilines is 1. The van der Waals surface area contributed by atoms with E-state index in [1.807, 2.05) is 73.7 Å². The smallest absolute Gasteiger partial charge is 0.333 e. The summed E-state index contributed by atoms with van der Waals surface area (Å²) >= 11 is 0. The highest BCUT2D eigenvalue weighted by molar-refractivity contribution is 5.94. The zero-order chi connectivity index (χ0) is 31.9. The van der Waals surface area contributed by atoms with Crippen LogP contribution in [0.1, 0.15) is 22.3 Å². The Morgan fingerprint density at radius 1 is 0.911 bits per heavy atom. The average Bonchev–Trinajstić information content (AvgIpc) is 3.00. The van der Waals surface area contributed by atoms with Gasteiger partial charge in [-0.05, 0) is 53.1 Å². The van der Waals surface area contributed by atoms with Gasteiger partial charge in [0.25, 0.3) is 0 Å². The molecule has 2 saturated heterocycles. The van der Waals surface area contributed by atoms with E-state index in [2.05, 4.69) is 5.32 Å². The third-order valence-corrected chi connectivity index (χ3v) is 8.40. The first-order chi connectivity index (χ1) is 21.5. The Labute approximate surface area is 258 Å². The van der Waals surface area contributed by atoms with Crippen molar-refractivity contribution >= 4 is 34.3 Å². The number of amides is 4. The molecule has 11 heteroatoms. The number of carbonyl (C=O) groups is 3. The summed E-state index contributed by atoms with van der Waals surface area (Å²) in [5.74, 6) is -0.517. The molecule has 0 spiro atoms. The maximum Gasteiger partial charge on any atom is 0.416 e. The standard InChI is InChI=1S/C34H32F3N5O3/c1-22-10-12-23(13-11-22)18-29-32(44)40(19-25-8-5-7-24-6-3-4-9-28(24)25)20-30-41(29)31(43)21-39(2)42(30)33(45)38-27-16-14-26(15-17-27)34(35,36)37/h3-17,29-30H,18-21H2,1-2H3,(H,38,45)/t29-,30-/m0/s1. The lowest BCUT2D eigenvalue weighted by Crippen LogP contribution is -2.75. The van der Waals surface area contributed by atoms with Crippen LogP contribution in [0.2, 0.25) is 0 Å². The molecule has 4 aromatic rings. The topological polar surface area (TPSA) is 76.2 Å². The molecular weight excluding hydrogens is 583 g/mol. The number of alkyl halides is 3. The SMILES string of the molecule is Cc1ccc(C[C@H]2C(=O)N(Cc3cccc4ccccc34)C[C@H]3N2C(=O)CN(C)N3C(=O)Nc2ccc(C(F)(F)F)cc2)cc1. The van der Waals surface area contributed by atoms with Gasteiger partial charge >= 0.3 is 12.2 Å². The van der Waals surface area contributed by atoms with Gasteiger partial charge in [0.05, 0.1) is 18.7 Å². The second kappa shape index (κ2) is 11.9. The molecule has 232 valence electrons. The molecule has 6 rings (SSSR count). The molecule has 2 fully saturated rings. The van der Waals surface area contributed by atoms with Crippen LogP contribution in [0.15, 0.2) is 91.0 Å². The Bertz CT molecular complexity index is 1740. The number of aryl methyl sites for hydroxylation is 1. The number of fused-ring (bicyclic) bond motifs is 2. The molecule has 2 heterocycles. The van der Waals surface area contributed by atoms with Crippen molar-refractivity contribution in [1.29, 1.82) is 0 Å². The van der Waals surface area contributed by atoms with Gasteiger partial charge in [-0.2, -0.15) is 13.2 Å². The number of hydrogen-bond donors (Lipinski definition) is 1. The second-order valence-electron chi connectivity index (χ2n) is 11.5. The van der Waals surface area contributed by atoms with Crippen molar-refractivity contribution in [2.45, 2.75) is 38.3 Å². The average molecular weight is 616 g/mol. The molecule has 45 heavy (non-hydrogen) atoms. The summed E-state index contributed by atoms with van der Waals surface area (Å²) < 4.78 is 39.3. The molecule has 2 aliphatic heterocycles. The van der Waals surface area contributed by atoms with E-state index < -0.39 is 30.0 Å². The number of nitrogens with one attached hydrogen (secondary N) is 1. The van der Waals surface area contributed by atoms with E-state index >= 15 is 0 Å². The Hall–Kier alpha value is -4.90. The molecule has 0 saturated carbocycles. The maximum absolute atomic E-state index is 14.2. The highest BCUT2D eigenvalue weighted by Gasteiger charge is 2.50. The van der Waals surface area contributed by atoms with Crippen molar-refractivity contribution < 1.29 is 27.6 Å². The number of benzene rings is 4. The van der Waals surface area contributed by atoms with E-state index in [0.717, 1.165) is 39.6 Å². The first-order valence-electron chi connectivity index (χ1n) is 14.6. The first kappa shape index (κ1) is 30.1. The predicted molar refractivity (Wildman–Crippen MR) is 164 cm³/mol. The molecule has 4 amide bonds. The molecule has 0 radical (unpaired) electrons. The fourth-order valence-corrected chi connectivity index (χ4v) is 6.15. The van der Waals surface area contributed by atoms with Crippen molar-refractivity contribution in [3.8, 4) is 0 Å². The van der Waals surface area contributed by atoms with Crippen LogP contribution in [-0.2, 0) is 28.7 Å². The molecule has 0 bridgehead atoms. The predicted octanol–water partition coefficient (Wildman–Crippen LogP) is 5.67. The van der Waals surface area contributed by atoms with Gasteiger partial charge < -0.3 is 15.1 Å². The highest BCUT2D eigenvalue weighted by Crippen LogP contribution is 2.32. The zero-order valence-electron chi connectivity index (χ0n) is 24.8. The molecule has 1 N–H and O–H groups in total. The fourth-order valence-electron chi connectivity index (χ4n) is 6.15. The molecule has 0 unspecified atom stereocenters. The van der Waals surface area contributed by atoms with Gasteiger partial charge in [-0.1, -0.05) is 72.3 Å². The summed E-state index contributed by atoms with van der Waals surface area (Å²) in [4.78, 5) is 44.7. The second-order valence-corrected chi connectivity index (χ2v) is 11.5. The minimum absolute atomic E-state index is 0.0446. The Morgan fingerprint density at radius 3 is 2.31 bits per heavy atom. The number of rotatable bonds is 5. The van der Waals surface area contributed by atoms with Gasteiger partial charge in [0.1, 0.15) is 12.2 Å². The summed E-state index contributed by atoms with van der Waals surface area (Å²) in [6.45, 7) is 2.12. The third kappa shape index (κ3) is 6.08. The lowest BCUT2D eigenvalue weighted by molar-refractivity contribution is -0.186. The van der Waals surface area contributed by atoms with Crippen LogP contribution in [0.5, 0.6) is 0 Å². The lowest BCUT2D eigenvalue weighted by Gasteiger charge is -2.54. The van der Waals surface area contributed by atoms with Gasteiger partial charge in [-0.25, -0.2) is 14.8 Å². The van der Waals surface area contributed by atoms with Gasteiger partial charge in [-0.15, -0.1) is 0 Å². The van der Waals surface area contributed by atoms with E-state index in [1.165, 1.54) is 27.1 Å². The fraction of sp³-hybridized carbons (Fsp3) is 0.265. The first-order valence-corrected chi connectivity index (χ1v) is 14.6. The Kier molecular flexibility index (Phi) is 7.96. The number of carbonyl (C=O) groups excluding carboxylic acids is 3. The summed E-state index contributed by atoms with van der Waals surface area (Å²) in [6, 6.07) is 24.2. The van der Waals surface area contributed by atoms with Crippen LogP contribution in [0.4, 0.5) is 23.7 Å². The number of nitrogens with zero attached hydrogens (tertiary/aromatic N) is 4. The van der Waals surface area contributed by atoms with Gasteiger partial charge in [-0.3, -0.25) is 9.59 Å². The van der Waals surface area contributed by atoms with Crippen LogP contribution in [0.25, 0.3) is 10.8 Å². The number of hydrogen-bond acceptors (Lipinski definition) is 4. The van der Waals surface area contributed by atoms with Gasteiger partial charge in [0.15, 0.2) is 0 Å². The highest BCUT2D eigenvalue weighted by atomic mass is 19.4. The Morgan fingerprint density at radius 2 is 1.60 bits per heavy atom. The quantitative estimate of drug-likeness (QED) is 0.314. The zero-order valence-corrected chi connectivity index (χ0v) is 24.8. The molecular formula is C34H32F3N5O3. The largest absolute Gasteiger partial charge is 0.416 e. The maximum atomic E-state index is 14.2. The van der Waals surface area contributed by atoms with Crippen LogP contribution < -0.4 is 5.32 Å². The van der Waals surface area contributed by atoms with Crippen molar-refractivity contribution in [3.05, 3.63) is 113 Å². The number of hydrazine groups is 1. The van der Waals surface area contributed by atoms with E-state index in [-0.39, 0.29) is 43.6 Å². The number of urea groups is 1. The number of halogens is 3. The summed E-state index contributed by atoms with van der Waals surface area (Å²) in [7, 11) is 1.60. The molecule has 4 aromatic carbocycles. The van der Waals surface area contributed by atoms with Crippen molar-refractivity contribution in [1.82, 2.24) is 19.8 Å². The molecule has 2 aliphatic rings. The monoisotopic (exact) mass is 615 g/mol.